The summed E-state index contributed by atoms with van der Waals surface area (Å²) in [6.45, 7) is 1.93. The van der Waals surface area contributed by atoms with Crippen LogP contribution >= 0.6 is 0 Å². The first kappa shape index (κ1) is 29.9. The number of nitrogens with one attached hydrogen (secondary N) is 2. The molecular weight excluding hydrogens is 552 g/mol. The number of carbonyl (C=O) groups excluding carboxylic acids is 3. The number of nitro benzene ring substituents is 1. The first-order chi connectivity index (χ1) is 20.7. The topological polar surface area (TPSA) is 149 Å². The van der Waals surface area contributed by atoms with Gasteiger partial charge in [-0.3, -0.25) is 19.7 Å². The highest BCUT2D eigenvalue weighted by molar-refractivity contribution is 6.05. The fourth-order valence-corrected chi connectivity index (χ4v) is 3.77. The third-order valence-corrected chi connectivity index (χ3v) is 5.97. The highest BCUT2D eigenvalue weighted by atomic mass is 16.6. The summed E-state index contributed by atoms with van der Waals surface area (Å²) in [7, 11) is 1.40. The zero-order valence-electron chi connectivity index (χ0n) is 23.1. The Hall–Kier alpha value is -6.10. The number of carbonyl (C=O) groups is 3. The van der Waals surface area contributed by atoms with Crippen molar-refractivity contribution in [2.45, 2.75) is 6.92 Å². The Morgan fingerprint density at radius 3 is 2.35 bits per heavy atom. The van der Waals surface area contributed by atoms with Crippen molar-refractivity contribution in [2.24, 2.45) is 5.10 Å². The number of benzene rings is 4. The minimum absolute atomic E-state index is 0.0958. The molecular formula is C32H26N4O7. The Balaban J connectivity index is 1.35. The van der Waals surface area contributed by atoms with Crippen LogP contribution in [-0.2, 0) is 4.79 Å². The van der Waals surface area contributed by atoms with Gasteiger partial charge in [-0.1, -0.05) is 35.9 Å². The normalized spacial score (nSPS) is 10.8. The second-order valence-electron chi connectivity index (χ2n) is 9.12. The van der Waals surface area contributed by atoms with Gasteiger partial charge in [-0.25, -0.2) is 10.2 Å². The molecule has 4 rings (SSSR count). The minimum atomic E-state index is -0.712. The van der Waals surface area contributed by atoms with Gasteiger partial charge in [-0.2, -0.15) is 5.10 Å². The van der Waals surface area contributed by atoms with Crippen molar-refractivity contribution in [1.29, 1.82) is 0 Å². The summed E-state index contributed by atoms with van der Waals surface area (Å²) in [5.74, 6) is -1.12. The number of non-ortho nitro benzene ring substituents is 1. The lowest BCUT2D eigenvalue weighted by Gasteiger charge is -2.09. The second kappa shape index (κ2) is 14.0. The molecule has 0 saturated heterocycles. The van der Waals surface area contributed by atoms with Crippen molar-refractivity contribution in [3.8, 4) is 11.5 Å². The summed E-state index contributed by atoms with van der Waals surface area (Å²) >= 11 is 0. The van der Waals surface area contributed by atoms with Gasteiger partial charge in [0.1, 0.15) is 0 Å². The summed E-state index contributed by atoms with van der Waals surface area (Å²) in [5, 5.41) is 17.7. The molecule has 0 aromatic heterocycles. The number of anilines is 1. The van der Waals surface area contributed by atoms with E-state index in [-0.39, 0.29) is 28.7 Å². The number of hydrogen-bond donors (Lipinski definition) is 2. The van der Waals surface area contributed by atoms with Gasteiger partial charge >= 0.3 is 5.97 Å². The molecule has 11 heteroatoms. The smallest absolute Gasteiger partial charge is 0.336 e. The molecule has 4 aromatic carbocycles. The van der Waals surface area contributed by atoms with Gasteiger partial charge in [-0.05, 0) is 72.7 Å². The van der Waals surface area contributed by atoms with Crippen LogP contribution in [0.2, 0.25) is 0 Å². The van der Waals surface area contributed by atoms with E-state index < -0.39 is 16.8 Å². The molecule has 0 aliphatic carbocycles. The maximum atomic E-state index is 12.6. The Bertz CT molecular complexity index is 1730. The van der Waals surface area contributed by atoms with E-state index in [9.17, 15) is 24.5 Å². The van der Waals surface area contributed by atoms with Crippen molar-refractivity contribution in [2.75, 3.05) is 12.4 Å². The number of ether oxygens (including phenoxy) is 2. The second-order valence-corrected chi connectivity index (χ2v) is 9.12. The van der Waals surface area contributed by atoms with E-state index in [0.717, 1.165) is 11.6 Å². The van der Waals surface area contributed by atoms with E-state index >= 15 is 0 Å². The molecule has 0 aliphatic rings. The van der Waals surface area contributed by atoms with E-state index in [0.29, 0.717) is 22.4 Å². The van der Waals surface area contributed by atoms with Gasteiger partial charge in [0.25, 0.3) is 17.5 Å². The van der Waals surface area contributed by atoms with Crippen molar-refractivity contribution in [1.82, 2.24) is 5.43 Å². The highest BCUT2D eigenvalue weighted by Gasteiger charge is 2.11. The molecule has 4 aromatic rings. The van der Waals surface area contributed by atoms with Gasteiger partial charge in [0.05, 0.1) is 18.2 Å². The molecule has 11 nitrogen and oxygen atoms in total. The van der Waals surface area contributed by atoms with Crippen molar-refractivity contribution >= 4 is 41.4 Å². The van der Waals surface area contributed by atoms with Gasteiger partial charge in [0, 0.05) is 35.0 Å². The average Bonchev–Trinajstić information content (AvgIpc) is 3.01. The van der Waals surface area contributed by atoms with Crippen LogP contribution in [0.25, 0.3) is 6.08 Å². The Labute approximate surface area is 246 Å². The number of nitro groups is 1. The van der Waals surface area contributed by atoms with Gasteiger partial charge < -0.3 is 14.8 Å². The number of esters is 1. The largest absolute Gasteiger partial charge is 0.493 e. The Morgan fingerprint density at radius 1 is 0.837 bits per heavy atom. The van der Waals surface area contributed by atoms with E-state index in [2.05, 4.69) is 15.8 Å². The Kier molecular flexibility index (Phi) is 9.72. The lowest BCUT2D eigenvalue weighted by molar-refractivity contribution is -0.384. The van der Waals surface area contributed by atoms with E-state index in [1.807, 2.05) is 19.1 Å². The summed E-state index contributed by atoms with van der Waals surface area (Å²) in [6, 6.07) is 24.1. The van der Waals surface area contributed by atoms with Gasteiger partial charge in [-0.15, -0.1) is 0 Å². The number of aryl methyl sites for hydroxylation is 1. The molecule has 216 valence electrons. The summed E-state index contributed by atoms with van der Waals surface area (Å²) in [4.78, 5) is 47.8. The molecule has 0 heterocycles. The van der Waals surface area contributed by atoms with Crippen molar-refractivity contribution in [3.63, 3.8) is 0 Å². The number of hydrazone groups is 1. The summed E-state index contributed by atoms with van der Waals surface area (Å²) in [6.07, 6.45) is 3.93. The number of rotatable bonds is 10. The van der Waals surface area contributed by atoms with E-state index in [4.69, 9.17) is 9.47 Å². The van der Waals surface area contributed by atoms with Crippen LogP contribution in [0.5, 0.6) is 11.5 Å². The molecule has 0 saturated carbocycles. The number of amides is 2. The molecule has 43 heavy (non-hydrogen) atoms. The molecule has 0 bridgehead atoms. The van der Waals surface area contributed by atoms with E-state index in [1.54, 1.807) is 48.5 Å². The molecule has 2 N–H and O–H groups in total. The van der Waals surface area contributed by atoms with Gasteiger partial charge in [0.2, 0.25) is 0 Å². The molecule has 0 unspecified atom stereocenters. The standard InChI is InChI=1S/C32H26N4O7/c1-21-9-13-24(14-10-21)31(38)34-26-7-4-6-25(19-26)32(39)35-33-20-23-11-15-28(29(18-23)42-2)43-30(37)16-12-22-5-3-8-27(17-22)36(40)41/h3-20H,1-2H3,(H,34,38)(H,35,39)/b16-12+,33-20?. The van der Waals surface area contributed by atoms with Crippen LogP contribution in [-0.4, -0.2) is 36.0 Å². The predicted octanol–water partition coefficient (Wildman–Crippen LogP) is 5.55. The minimum Gasteiger partial charge on any atom is -0.493 e. The first-order valence-electron chi connectivity index (χ1n) is 12.9. The Morgan fingerprint density at radius 2 is 1.60 bits per heavy atom. The average molecular weight is 579 g/mol. The molecule has 0 atom stereocenters. The predicted molar refractivity (Wildman–Crippen MR) is 161 cm³/mol. The van der Waals surface area contributed by atoms with Crippen LogP contribution in [0.15, 0.2) is 102 Å². The number of nitrogens with zero attached hydrogens (tertiary/aromatic N) is 2. The molecule has 0 aliphatic heterocycles. The molecule has 0 fully saturated rings. The van der Waals surface area contributed by atoms with Gasteiger partial charge in [0.15, 0.2) is 11.5 Å². The number of methoxy groups -OCH3 is 1. The molecule has 2 amide bonds. The third-order valence-electron chi connectivity index (χ3n) is 5.97. The fraction of sp³-hybridized carbons (Fsp3) is 0.0625. The molecule has 0 spiro atoms. The SMILES string of the molecule is COc1cc(C=NNC(=O)c2cccc(NC(=O)c3ccc(C)cc3)c2)ccc1OC(=O)/C=C/c1cccc([N+](=O)[O-])c1. The van der Waals surface area contributed by atoms with Crippen LogP contribution in [0.3, 0.4) is 0 Å². The highest BCUT2D eigenvalue weighted by Crippen LogP contribution is 2.28. The van der Waals surface area contributed by atoms with Crippen molar-refractivity contribution in [3.05, 3.63) is 135 Å². The van der Waals surface area contributed by atoms with Crippen LogP contribution < -0.4 is 20.2 Å². The van der Waals surface area contributed by atoms with Crippen LogP contribution in [0.4, 0.5) is 11.4 Å². The summed E-state index contributed by atoms with van der Waals surface area (Å²) < 4.78 is 10.6. The van der Waals surface area contributed by atoms with Crippen molar-refractivity contribution < 1.29 is 28.8 Å². The maximum Gasteiger partial charge on any atom is 0.336 e. The van der Waals surface area contributed by atoms with Crippen LogP contribution in [0, 0.1) is 17.0 Å². The lowest BCUT2D eigenvalue weighted by atomic mass is 10.1. The zero-order chi connectivity index (χ0) is 30.8. The third kappa shape index (κ3) is 8.44. The van der Waals surface area contributed by atoms with E-state index in [1.165, 1.54) is 49.7 Å². The lowest BCUT2D eigenvalue weighted by Crippen LogP contribution is -2.18. The quantitative estimate of drug-likeness (QED) is 0.0626. The molecule has 0 radical (unpaired) electrons. The first-order valence-corrected chi connectivity index (χ1v) is 12.9. The fourth-order valence-electron chi connectivity index (χ4n) is 3.77. The number of hydrogen-bond acceptors (Lipinski definition) is 8. The monoisotopic (exact) mass is 578 g/mol. The van der Waals surface area contributed by atoms with Crippen LogP contribution in [0.1, 0.15) is 37.4 Å². The summed E-state index contributed by atoms with van der Waals surface area (Å²) in [5.41, 5.74) is 5.63. The zero-order valence-corrected chi connectivity index (χ0v) is 23.1. The maximum absolute atomic E-state index is 12.6.